The van der Waals surface area contributed by atoms with Crippen molar-refractivity contribution >= 4 is 28.4 Å². The lowest BCUT2D eigenvalue weighted by Crippen LogP contribution is -1.95. The van der Waals surface area contributed by atoms with Crippen molar-refractivity contribution in [3.63, 3.8) is 0 Å². The number of ketones is 1. The molecule has 1 rings (SSSR count). The molecule has 0 aromatic heterocycles. The van der Waals surface area contributed by atoms with Crippen LogP contribution in [0.3, 0.4) is 0 Å². The molecule has 0 atom stereocenters. The number of rotatable bonds is 1. The number of hydrogen-bond donors (Lipinski definition) is 1. The van der Waals surface area contributed by atoms with Gasteiger partial charge in [0.2, 0.25) is 0 Å². The first kappa shape index (κ1) is 9.44. The number of hydrogen-bond acceptors (Lipinski definition) is 2. The first-order valence-electron chi connectivity index (χ1n) is 3.22. The fourth-order valence-electron chi connectivity index (χ4n) is 0.824. The molecule has 1 N–H and O–H groups in total. The van der Waals surface area contributed by atoms with E-state index in [1.807, 2.05) is 0 Å². The minimum absolute atomic E-state index is 0.0836. The van der Waals surface area contributed by atoms with Crippen molar-refractivity contribution in [3.8, 4) is 5.75 Å². The molecule has 0 saturated heterocycles. The van der Waals surface area contributed by atoms with Gasteiger partial charge in [0, 0.05) is 0 Å². The molecule has 0 saturated carbocycles. The highest BCUT2D eigenvalue weighted by Gasteiger charge is 2.12. The summed E-state index contributed by atoms with van der Waals surface area (Å²) in [6, 6.07) is 2.44. The van der Waals surface area contributed by atoms with E-state index in [9.17, 15) is 14.3 Å². The van der Waals surface area contributed by atoms with Gasteiger partial charge in [0.15, 0.2) is 5.78 Å². The Morgan fingerprint density at radius 3 is 2.67 bits per heavy atom. The maximum Gasteiger partial charge on any atom is 0.163 e. The average molecular weight is 280 g/mol. The second-order valence-corrected chi connectivity index (χ2v) is 3.39. The monoisotopic (exact) mass is 280 g/mol. The third-order valence-electron chi connectivity index (χ3n) is 1.45. The molecule has 64 valence electrons. The lowest BCUT2D eigenvalue weighted by molar-refractivity contribution is 0.101. The van der Waals surface area contributed by atoms with Crippen LogP contribution in [0, 0.1) is 9.39 Å². The maximum atomic E-state index is 12.7. The van der Waals surface area contributed by atoms with E-state index in [-0.39, 0.29) is 20.7 Å². The molecule has 4 heteroatoms. The fourth-order valence-corrected chi connectivity index (χ4v) is 1.29. The molecule has 1 aromatic carbocycles. The Bertz CT molecular complexity index is 336. The summed E-state index contributed by atoms with van der Waals surface area (Å²) in [5.74, 6) is -1.06. The zero-order valence-electron chi connectivity index (χ0n) is 6.27. The van der Waals surface area contributed by atoms with Gasteiger partial charge in [-0.05, 0) is 41.6 Å². The van der Waals surface area contributed by atoms with Crippen molar-refractivity contribution in [1.29, 1.82) is 0 Å². The molecule has 0 aliphatic rings. The largest absolute Gasteiger partial charge is 0.506 e. The number of benzene rings is 1. The summed E-state index contributed by atoms with van der Waals surface area (Å²) in [6.45, 7) is 1.32. The van der Waals surface area contributed by atoms with E-state index in [2.05, 4.69) is 0 Å². The number of phenolic OH excluding ortho intramolecular Hbond substituents is 1. The van der Waals surface area contributed by atoms with Crippen LogP contribution in [0.2, 0.25) is 0 Å². The molecule has 0 unspecified atom stereocenters. The van der Waals surface area contributed by atoms with Gasteiger partial charge in [-0.3, -0.25) is 4.79 Å². The second-order valence-electron chi connectivity index (χ2n) is 2.31. The van der Waals surface area contributed by atoms with Crippen LogP contribution in [0.4, 0.5) is 4.39 Å². The van der Waals surface area contributed by atoms with Gasteiger partial charge in [0.05, 0.1) is 9.13 Å². The van der Waals surface area contributed by atoms with Gasteiger partial charge < -0.3 is 5.11 Å². The van der Waals surface area contributed by atoms with Gasteiger partial charge in [-0.1, -0.05) is 0 Å². The number of phenols is 1. The van der Waals surface area contributed by atoms with Crippen molar-refractivity contribution < 1.29 is 14.3 Å². The summed E-state index contributed by atoms with van der Waals surface area (Å²) in [7, 11) is 0. The van der Waals surface area contributed by atoms with Crippen LogP contribution in [-0.2, 0) is 0 Å². The first-order chi connectivity index (χ1) is 5.54. The van der Waals surface area contributed by atoms with Crippen LogP contribution >= 0.6 is 22.6 Å². The molecule has 12 heavy (non-hydrogen) atoms. The third-order valence-corrected chi connectivity index (χ3v) is 2.47. The molecule has 0 radical (unpaired) electrons. The van der Waals surface area contributed by atoms with E-state index in [1.165, 1.54) is 13.0 Å². The van der Waals surface area contributed by atoms with E-state index >= 15 is 0 Å². The van der Waals surface area contributed by atoms with E-state index in [0.29, 0.717) is 0 Å². The number of halogens is 2. The van der Waals surface area contributed by atoms with E-state index in [1.54, 1.807) is 22.6 Å². The lowest BCUT2D eigenvalue weighted by atomic mass is 10.1. The third kappa shape index (κ3) is 1.57. The normalized spacial score (nSPS) is 9.92. The standard InChI is InChI=1S/C8H6FIO2/c1-4(11)5-2-3-6(9)7(10)8(5)12/h2-3,12H,1H3. The molecule has 0 heterocycles. The Kier molecular flexibility index (Phi) is 2.66. The Labute approximate surface area is 82.5 Å². The minimum atomic E-state index is -0.516. The topological polar surface area (TPSA) is 37.3 Å². The van der Waals surface area contributed by atoms with E-state index in [4.69, 9.17) is 0 Å². The van der Waals surface area contributed by atoms with Crippen LogP contribution in [0.15, 0.2) is 12.1 Å². The van der Waals surface area contributed by atoms with E-state index < -0.39 is 5.82 Å². The zero-order chi connectivity index (χ0) is 9.30. The molecule has 0 bridgehead atoms. The Morgan fingerprint density at radius 2 is 2.17 bits per heavy atom. The average Bonchev–Trinajstić information content (AvgIpc) is 2.00. The molecule has 2 nitrogen and oxygen atoms in total. The van der Waals surface area contributed by atoms with Gasteiger partial charge in [-0.25, -0.2) is 4.39 Å². The summed E-state index contributed by atoms with van der Waals surface area (Å²) in [5.41, 5.74) is 0.154. The summed E-state index contributed by atoms with van der Waals surface area (Å²) in [6.07, 6.45) is 0. The SMILES string of the molecule is CC(=O)c1ccc(F)c(I)c1O. The summed E-state index contributed by atoms with van der Waals surface area (Å²) >= 11 is 1.65. The van der Waals surface area contributed by atoms with Crippen molar-refractivity contribution in [2.24, 2.45) is 0 Å². The second kappa shape index (κ2) is 3.38. The van der Waals surface area contributed by atoms with Crippen molar-refractivity contribution in [1.82, 2.24) is 0 Å². The van der Waals surface area contributed by atoms with Crippen molar-refractivity contribution in [3.05, 3.63) is 27.1 Å². The number of carbonyl (C=O) groups excluding carboxylic acids is 1. The van der Waals surface area contributed by atoms with Crippen LogP contribution in [-0.4, -0.2) is 10.9 Å². The van der Waals surface area contributed by atoms with Crippen molar-refractivity contribution in [2.45, 2.75) is 6.92 Å². The Hall–Kier alpha value is -0.650. The summed E-state index contributed by atoms with van der Waals surface area (Å²) in [5, 5.41) is 9.28. The molecule has 0 fully saturated rings. The Balaban J connectivity index is 3.36. The maximum absolute atomic E-state index is 12.7. The molecule has 0 spiro atoms. The predicted molar refractivity (Wildman–Crippen MR) is 50.8 cm³/mol. The highest BCUT2D eigenvalue weighted by atomic mass is 127. The summed E-state index contributed by atoms with van der Waals surface area (Å²) < 4.78 is 12.8. The van der Waals surface area contributed by atoms with Gasteiger partial charge in [-0.15, -0.1) is 0 Å². The molecule has 1 aromatic rings. The molecule has 0 aliphatic heterocycles. The van der Waals surface area contributed by atoms with Crippen LogP contribution < -0.4 is 0 Å². The van der Waals surface area contributed by atoms with Crippen LogP contribution in [0.1, 0.15) is 17.3 Å². The molecular formula is C8H6FIO2. The fraction of sp³-hybridized carbons (Fsp3) is 0.125. The Morgan fingerprint density at radius 1 is 1.58 bits per heavy atom. The predicted octanol–water partition coefficient (Wildman–Crippen LogP) is 2.34. The van der Waals surface area contributed by atoms with Gasteiger partial charge in [-0.2, -0.15) is 0 Å². The highest BCUT2D eigenvalue weighted by molar-refractivity contribution is 14.1. The minimum Gasteiger partial charge on any atom is -0.506 e. The highest BCUT2D eigenvalue weighted by Crippen LogP contribution is 2.26. The summed E-state index contributed by atoms with van der Waals surface area (Å²) in [4.78, 5) is 10.8. The molecular weight excluding hydrogens is 274 g/mol. The smallest absolute Gasteiger partial charge is 0.163 e. The van der Waals surface area contributed by atoms with E-state index in [0.717, 1.165) is 6.07 Å². The van der Waals surface area contributed by atoms with Crippen molar-refractivity contribution in [2.75, 3.05) is 0 Å². The molecule has 0 amide bonds. The van der Waals surface area contributed by atoms with Gasteiger partial charge >= 0.3 is 0 Å². The van der Waals surface area contributed by atoms with Crippen LogP contribution in [0.5, 0.6) is 5.75 Å². The number of aromatic hydroxyl groups is 1. The van der Waals surface area contributed by atoms with Gasteiger partial charge in [0.25, 0.3) is 0 Å². The molecule has 0 aliphatic carbocycles. The zero-order valence-corrected chi connectivity index (χ0v) is 8.42. The first-order valence-corrected chi connectivity index (χ1v) is 4.30. The number of Topliss-reactive ketones (excluding diaryl/α,β-unsaturated/α-hetero) is 1. The number of carbonyl (C=O) groups is 1. The van der Waals surface area contributed by atoms with Crippen LogP contribution in [0.25, 0.3) is 0 Å². The van der Waals surface area contributed by atoms with Gasteiger partial charge in [0.1, 0.15) is 11.6 Å². The lowest BCUT2D eigenvalue weighted by Gasteiger charge is -2.02. The quantitative estimate of drug-likeness (QED) is 0.633.